The summed E-state index contributed by atoms with van der Waals surface area (Å²) in [5, 5.41) is 6.90. The van der Waals surface area contributed by atoms with Gasteiger partial charge in [-0.1, -0.05) is 29.4 Å². The maximum atomic E-state index is 12.6. The van der Waals surface area contributed by atoms with E-state index >= 15 is 0 Å². The van der Waals surface area contributed by atoms with Crippen molar-refractivity contribution in [3.8, 4) is 0 Å². The van der Waals surface area contributed by atoms with Gasteiger partial charge in [-0.15, -0.1) is 0 Å². The number of benzene rings is 1. The molecule has 3 rings (SSSR count). The first kappa shape index (κ1) is 21.8. The van der Waals surface area contributed by atoms with E-state index in [1.165, 1.54) is 5.56 Å². The van der Waals surface area contributed by atoms with Crippen molar-refractivity contribution in [3.63, 3.8) is 0 Å². The van der Waals surface area contributed by atoms with Crippen molar-refractivity contribution in [1.82, 2.24) is 25.2 Å². The van der Waals surface area contributed by atoms with E-state index in [4.69, 9.17) is 4.52 Å². The van der Waals surface area contributed by atoms with E-state index in [9.17, 15) is 9.59 Å². The number of nitrogens with zero attached hydrogens (tertiary/aromatic N) is 4. The average molecular weight is 414 g/mol. The van der Waals surface area contributed by atoms with E-state index in [1.54, 1.807) is 9.80 Å². The number of nitrogens with one attached hydrogen (secondary N) is 1. The third-order valence-corrected chi connectivity index (χ3v) is 5.36. The zero-order valence-corrected chi connectivity index (χ0v) is 18.3. The normalized spacial score (nSPS) is 14.3. The zero-order chi connectivity index (χ0) is 21.7. The molecule has 1 aromatic heterocycles. The van der Waals surface area contributed by atoms with E-state index in [0.29, 0.717) is 38.5 Å². The van der Waals surface area contributed by atoms with Crippen LogP contribution in [-0.2, 0) is 24.3 Å². The van der Waals surface area contributed by atoms with Crippen LogP contribution in [0.1, 0.15) is 28.1 Å². The first-order chi connectivity index (χ1) is 14.3. The SMILES string of the molecule is Cc1noc(C)c1CC(=O)N1CCN(C(=O)NCc2cccc(CN(C)C)c2)CC1. The fourth-order valence-electron chi connectivity index (χ4n) is 3.67. The summed E-state index contributed by atoms with van der Waals surface area (Å²) >= 11 is 0. The highest BCUT2D eigenvalue weighted by molar-refractivity contribution is 5.80. The topological polar surface area (TPSA) is 81.9 Å². The maximum absolute atomic E-state index is 12.6. The van der Waals surface area contributed by atoms with Crippen molar-refractivity contribution in [3.05, 3.63) is 52.4 Å². The molecule has 162 valence electrons. The second kappa shape index (κ2) is 9.75. The van der Waals surface area contributed by atoms with Gasteiger partial charge in [-0.3, -0.25) is 4.79 Å². The first-order valence-electron chi connectivity index (χ1n) is 10.3. The second-order valence-corrected chi connectivity index (χ2v) is 8.06. The van der Waals surface area contributed by atoms with Crippen molar-refractivity contribution >= 4 is 11.9 Å². The lowest BCUT2D eigenvalue weighted by Gasteiger charge is -2.34. The van der Waals surface area contributed by atoms with Crippen molar-refractivity contribution in [1.29, 1.82) is 0 Å². The smallest absolute Gasteiger partial charge is 0.317 e. The molecule has 0 aliphatic carbocycles. The number of piperazine rings is 1. The number of amides is 3. The van der Waals surface area contributed by atoms with Gasteiger partial charge in [0.25, 0.3) is 0 Å². The quantitative estimate of drug-likeness (QED) is 0.783. The molecule has 3 amide bonds. The number of hydrogen-bond acceptors (Lipinski definition) is 5. The lowest BCUT2D eigenvalue weighted by molar-refractivity contribution is -0.131. The van der Waals surface area contributed by atoms with Crippen LogP contribution in [0.4, 0.5) is 4.79 Å². The molecule has 0 radical (unpaired) electrons. The molecular formula is C22H31N5O3. The highest BCUT2D eigenvalue weighted by atomic mass is 16.5. The molecule has 0 unspecified atom stereocenters. The molecule has 30 heavy (non-hydrogen) atoms. The predicted molar refractivity (Wildman–Crippen MR) is 114 cm³/mol. The molecule has 0 saturated carbocycles. The third kappa shape index (κ3) is 5.60. The molecule has 1 fully saturated rings. The standard InChI is InChI=1S/C22H31N5O3/c1-16-20(17(2)30-24-16)13-21(28)26-8-10-27(11-9-26)22(29)23-14-18-6-5-7-19(12-18)15-25(3)4/h5-7,12H,8-11,13-15H2,1-4H3,(H,23,29). The van der Waals surface area contributed by atoms with Crippen LogP contribution in [0.15, 0.2) is 28.8 Å². The predicted octanol–water partition coefficient (Wildman–Crippen LogP) is 1.95. The Bertz CT molecular complexity index is 865. The van der Waals surface area contributed by atoms with Crippen LogP contribution >= 0.6 is 0 Å². The first-order valence-corrected chi connectivity index (χ1v) is 10.3. The van der Waals surface area contributed by atoms with Gasteiger partial charge in [0.2, 0.25) is 5.91 Å². The van der Waals surface area contributed by atoms with Crippen LogP contribution < -0.4 is 5.32 Å². The number of urea groups is 1. The number of carbonyl (C=O) groups excluding carboxylic acids is 2. The minimum absolute atomic E-state index is 0.0437. The molecule has 1 N–H and O–H groups in total. The van der Waals surface area contributed by atoms with Crippen molar-refractivity contribution in [2.75, 3.05) is 40.3 Å². The minimum atomic E-state index is -0.0918. The molecule has 8 heteroatoms. The minimum Gasteiger partial charge on any atom is -0.361 e. The Labute approximate surface area is 177 Å². The van der Waals surface area contributed by atoms with Crippen LogP contribution in [0, 0.1) is 13.8 Å². The Kier molecular flexibility index (Phi) is 7.10. The number of aromatic nitrogens is 1. The van der Waals surface area contributed by atoms with Gasteiger partial charge in [0.05, 0.1) is 12.1 Å². The fourth-order valence-corrected chi connectivity index (χ4v) is 3.67. The van der Waals surface area contributed by atoms with Gasteiger partial charge in [0, 0.05) is 44.8 Å². The number of hydrogen-bond donors (Lipinski definition) is 1. The fraction of sp³-hybridized carbons (Fsp3) is 0.500. The van der Waals surface area contributed by atoms with Crippen molar-refractivity contribution < 1.29 is 14.1 Å². The Morgan fingerprint density at radius 1 is 1.10 bits per heavy atom. The molecule has 1 aliphatic rings. The lowest BCUT2D eigenvalue weighted by Crippen LogP contribution is -2.53. The van der Waals surface area contributed by atoms with E-state index in [-0.39, 0.29) is 18.4 Å². The third-order valence-electron chi connectivity index (χ3n) is 5.36. The second-order valence-electron chi connectivity index (χ2n) is 8.06. The largest absolute Gasteiger partial charge is 0.361 e. The summed E-state index contributed by atoms with van der Waals surface area (Å²) in [4.78, 5) is 30.8. The molecule has 2 aromatic rings. The summed E-state index contributed by atoms with van der Waals surface area (Å²) in [5.74, 6) is 0.732. The summed E-state index contributed by atoms with van der Waals surface area (Å²) < 4.78 is 5.14. The van der Waals surface area contributed by atoms with Crippen LogP contribution in [0.5, 0.6) is 0 Å². The van der Waals surface area contributed by atoms with Crippen LogP contribution in [-0.4, -0.2) is 72.1 Å². The van der Waals surface area contributed by atoms with Gasteiger partial charge in [-0.25, -0.2) is 4.79 Å². The molecule has 0 bridgehead atoms. The van der Waals surface area contributed by atoms with E-state index in [1.807, 2.05) is 40.1 Å². The summed E-state index contributed by atoms with van der Waals surface area (Å²) in [6.07, 6.45) is 0.288. The van der Waals surface area contributed by atoms with Gasteiger partial charge >= 0.3 is 6.03 Å². The zero-order valence-electron chi connectivity index (χ0n) is 18.3. The molecule has 8 nitrogen and oxygen atoms in total. The molecule has 1 aromatic carbocycles. The molecular weight excluding hydrogens is 382 g/mol. The highest BCUT2D eigenvalue weighted by Gasteiger charge is 2.25. The van der Waals surface area contributed by atoms with Crippen molar-refractivity contribution in [2.45, 2.75) is 33.4 Å². The molecule has 1 aliphatic heterocycles. The van der Waals surface area contributed by atoms with Gasteiger partial charge < -0.3 is 24.5 Å². The summed E-state index contributed by atoms with van der Waals surface area (Å²) in [6.45, 7) is 7.15. The Morgan fingerprint density at radius 2 is 1.77 bits per heavy atom. The Morgan fingerprint density at radius 3 is 2.40 bits per heavy atom. The van der Waals surface area contributed by atoms with Crippen LogP contribution in [0.3, 0.4) is 0 Å². The highest BCUT2D eigenvalue weighted by Crippen LogP contribution is 2.15. The van der Waals surface area contributed by atoms with Gasteiger partial charge in [0.15, 0.2) is 0 Å². The average Bonchev–Trinajstić information content (AvgIpc) is 3.04. The number of aryl methyl sites for hydroxylation is 2. The molecule has 0 atom stereocenters. The van der Waals surface area contributed by atoms with E-state index in [0.717, 1.165) is 23.4 Å². The van der Waals surface area contributed by atoms with Gasteiger partial charge in [-0.05, 0) is 39.1 Å². The molecule has 1 saturated heterocycles. The maximum Gasteiger partial charge on any atom is 0.317 e. The van der Waals surface area contributed by atoms with Crippen molar-refractivity contribution in [2.24, 2.45) is 0 Å². The van der Waals surface area contributed by atoms with Gasteiger partial charge in [-0.2, -0.15) is 0 Å². The summed E-state index contributed by atoms with van der Waals surface area (Å²) in [7, 11) is 4.07. The van der Waals surface area contributed by atoms with Crippen LogP contribution in [0.2, 0.25) is 0 Å². The summed E-state index contributed by atoms with van der Waals surface area (Å²) in [6, 6.07) is 8.15. The number of carbonyl (C=O) groups is 2. The Balaban J connectivity index is 1.45. The number of rotatable bonds is 6. The van der Waals surface area contributed by atoms with E-state index in [2.05, 4.69) is 27.5 Å². The van der Waals surface area contributed by atoms with Crippen LogP contribution in [0.25, 0.3) is 0 Å². The van der Waals surface area contributed by atoms with Gasteiger partial charge in [0.1, 0.15) is 5.76 Å². The molecule has 0 spiro atoms. The lowest BCUT2D eigenvalue weighted by atomic mass is 10.1. The van der Waals surface area contributed by atoms with E-state index < -0.39 is 0 Å². The molecule has 2 heterocycles. The summed E-state index contributed by atoms with van der Waals surface area (Å²) in [5.41, 5.74) is 3.92. The monoisotopic (exact) mass is 413 g/mol. The Hall–Kier alpha value is -2.87.